The van der Waals surface area contributed by atoms with Gasteiger partial charge in [0.05, 0.1) is 6.33 Å². The largest absolute Gasteiger partial charge is 0.344 e. The van der Waals surface area contributed by atoms with E-state index in [1.165, 1.54) is 22.2 Å². The van der Waals surface area contributed by atoms with Crippen LogP contribution in [0.25, 0.3) is 22.2 Å². The molecule has 7 nitrogen and oxygen atoms in total. The molecule has 9 heteroatoms. The van der Waals surface area contributed by atoms with Crippen molar-refractivity contribution in [3.05, 3.63) is 63.7 Å². The second-order valence-corrected chi connectivity index (χ2v) is 7.25. The van der Waals surface area contributed by atoms with Crippen LogP contribution in [0.2, 0.25) is 5.02 Å². The lowest BCUT2D eigenvalue weighted by Gasteiger charge is -2.06. The first-order valence-corrected chi connectivity index (χ1v) is 9.28. The number of amides is 1. The fourth-order valence-electron chi connectivity index (χ4n) is 2.86. The van der Waals surface area contributed by atoms with Crippen LogP contribution in [-0.2, 0) is 18.4 Å². The molecule has 3 aromatic heterocycles. The predicted molar refractivity (Wildman–Crippen MR) is 106 cm³/mol. The summed E-state index contributed by atoms with van der Waals surface area (Å²) in [6, 6.07) is 7.34. The molecular formula is C18H14ClN5O2S. The summed E-state index contributed by atoms with van der Waals surface area (Å²) in [4.78, 5) is 33.5. The van der Waals surface area contributed by atoms with E-state index in [0.29, 0.717) is 21.2 Å². The molecule has 27 heavy (non-hydrogen) atoms. The summed E-state index contributed by atoms with van der Waals surface area (Å²) in [5.41, 5.74) is 2.49. The van der Waals surface area contributed by atoms with Crippen molar-refractivity contribution >= 4 is 45.0 Å². The highest BCUT2D eigenvalue weighted by Gasteiger charge is 2.16. The number of carbonyl (C=O) groups excluding carboxylic acids is 1. The third-order valence-corrected chi connectivity index (χ3v) is 5.03. The third-order valence-electron chi connectivity index (χ3n) is 4.09. The highest BCUT2D eigenvalue weighted by atomic mass is 35.5. The van der Waals surface area contributed by atoms with Crippen LogP contribution in [0, 0.1) is 0 Å². The maximum absolute atomic E-state index is 12.9. The zero-order chi connectivity index (χ0) is 19.0. The van der Waals surface area contributed by atoms with Crippen molar-refractivity contribution in [3.8, 4) is 11.1 Å². The summed E-state index contributed by atoms with van der Waals surface area (Å²) >= 11 is 7.27. The molecule has 1 aromatic carbocycles. The van der Waals surface area contributed by atoms with Crippen LogP contribution in [-0.4, -0.2) is 25.0 Å². The molecule has 4 aromatic rings. The number of carbonyl (C=O) groups is 1. The van der Waals surface area contributed by atoms with Crippen molar-refractivity contribution in [3.63, 3.8) is 0 Å². The molecule has 3 heterocycles. The number of anilines is 1. The minimum absolute atomic E-state index is 0.136. The van der Waals surface area contributed by atoms with Gasteiger partial charge in [0.2, 0.25) is 5.91 Å². The normalized spacial score (nSPS) is 11.0. The van der Waals surface area contributed by atoms with Crippen molar-refractivity contribution in [2.45, 2.75) is 6.54 Å². The van der Waals surface area contributed by atoms with E-state index in [-0.39, 0.29) is 18.0 Å². The van der Waals surface area contributed by atoms with E-state index in [9.17, 15) is 9.59 Å². The third kappa shape index (κ3) is 3.36. The lowest BCUT2D eigenvalue weighted by atomic mass is 10.1. The van der Waals surface area contributed by atoms with E-state index in [0.717, 1.165) is 11.1 Å². The van der Waals surface area contributed by atoms with Gasteiger partial charge in [-0.25, -0.2) is 9.97 Å². The van der Waals surface area contributed by atoms with Gasteiger partial charge in [0, 0.05) is 35.4 Å². The Labute approximate surface area is 162 Å². The van der Waals surface area contributed by atoms with E-state index in [2.05, 4.69) is 15.3 Å². The minimum Gasteiger partial charge on any atom is -0.344 e. The Balaban J connectivity index is 1.70. The summed E-state index contributed by atoms with van der Waals surface area (Å²) in [5, 5.41) is 5.55. The second kappa shape index (κ2) is 6.98. The average Bonchev–Trinajstić information content (AvgIpc) is 3.26. The number of aromatic nitrogens is 4. The molecule has 136 valence electrons. The number of fused-ring (bicyclic) bond motifs is 1. The molecule has 0 aliphatic heterocycles. The Bertz CT molecular complexity index is 1180. The van der Waals surface area contributed by atoms with E-state index in [1.807, 2.05) is 18.3 Å². The highest BCUT2D eigenvalue weighted by molar-refractivity contribution is 7.13. The molecule has 1 amide bonds. The van der Waals surface area contributed by atoms with Gasteiger partial charge in [-0.15, -0.1) is 11.3 Å². The Morgan fingerprint density at radius 2 is 2.04 bits per heavy atom. The highest BCUT2D eigenvalue weighted by Crippen LogP contribution is 2.28. The Morgan fingerprint density at radius 1 is 1.26 bits per heavy atom. The number of thiazole rings is 1. The van der Waals surface area contributed by atoms with Crippen LogP contribution in [0.5, 0.6) is 0 Å². The van der Waals surface area contributed by atoms with Gasteiger partial charge in [0.1, 0.15) is 17.6 Å². The smallest absolute Gasteiger partial charge is 0.278 e. The van der Waals surface area contributed by atoms with E-state index in [4.69, 9.17) is 11.6 Å². The fraction of sp³-hybridized carbons (Fsp3) is 0.111. The summed E-state index contributed by atoms with van der Waals surface area (Å²) in [6.07, 6.45) is 4.84. The van der Waals surface area contributed by atoms with Crippen LogP contribution in [0.1, 0.15) is 0 Å². The lowest BCUT2D eigenvalue weighted by Crippen LogP contribution is -2.28. The monoisotopic (exact) mass is 399 g/mol. The number of nitrogens with one attached hydrogen (secondary N) is 1. The van der Waals surface area contributed by atoms with Gasteiger partial charge in [-0.2, -0.15) is 0 Å². The van der Waals surface area contributed by atoms with Crippen molar-refractivity contribution in [2.75, 3.05) is 5.32 Å². The average molecular weight is 400 g/mol. The summed E-state index contributed by atoms with van der Waals surface area (Å²) in [6.45, 7) is -0.136. The molecule has 0 radical (unpaired) electrons. The quantitative estimate of drug-likeness (QED) is 0.571. The zero-order valence-electron chi connectivity index (χ0n) is 14.2. The molecule has 0 saturated heterocycles. The Morgan fingerprint density at radius 3 is 2.74 bits per heavy atom. The Kier molecular flexibility index (Phi) is 4.51. The fourth-order valence-corrected chi connectivity index (χ4v) is 3.54. The maximum atomic E-state index is 12.9. The first-order valence-electron chi connectivity index (χ1n) is 8.02. The van der Waals surface area contributed by atoms with Gasteiger partial charge in [-0.05, 0) is 17.7 Å². The number of benzene rings is 1. The standard InChI is InChI=1S/C18H14ClN5O2S/c1-23-8-13(11-2-4-12(19)5-3-11)15-16(23)17(26)24(10-21-15)9-14(25)22-18-20-6-7-27-18/h2-8,10H,9H2,1H3,(H,20,22,25). The molecule has 0 atom stereocenters. The molecule has 0 aliphatic rings. The lowest BCUT2D eigenvalue weighted by molar-refractivity contribution is -0.116. The van der Waals surface area contributed by atoms with Gasteiger partial charge in [0.25, 0.3) is 5.56 Å². The van der Waals surface area contributed by atoms with Gasteiger partial charge in [0.15, 0.2) is 5.13 Å². The second-order valence-electron chi connectivity index (χ2n) is 5.92. The number of hydrogen-bond acceptors (Lipinski definition) is 5. The zero-order valence-corrected chi connectivity index (χ0v) is 15.8. The number of halogens is 1. The number of nitrogens with zero attached hydrogens (tertiary/aromatic N) is 4. The van der Waals surface area contributed by atoms with Gasteiger partial charge < -0.3 is 9.88 Å². The first kappa shape index (κ1) is 17.4. The van der Waals surface area contributed by atoms with Gasteiger partial charge >= 0.3 is 0 Å². The van der Waals surface area contributed by atoms with E-state index >= 15 is 0 Å². The van der Waals surface area contributed by atoms with Crippen LogP contribution >= 0.6 is 22.9 Å². The SMILES string of the molecule is Cn1cc(-c2ccc(Cl)cc2)c2ncn(CC(=O)Nc3nccs3)c(=O)c21. The van der Waals surface area contributed by atoms with E-state index < -0.39 is 0 Å². The Hall–Kier alpha value is -2.97. The molecule has 0 spiro atoms. The van der Waals surface area contributed by atoms with Gasteiger partial charge in [-0.3, -0.25) is 14.2 Å². The topological polar surface area (TPSA) is 81.8 Å². The number of aryl methyl sites for hydroxylation is 1. The van der Waals surface area contributed by atoms with Crippen molar-refractivity contribution < 1.29 is 4.79 Å². The van der Waals surface area contributed by atoms with Crippen molar-refractivity contribution in [2.24, 2.45) is 7.05 Å². The predicted octanol–water partition coefficient (Wildman–Crippen LogP) is 3.15. The molecular weight excluding hydrogens is 386 g/mol. The molecule has 0 unspecified atom stereocenters. The number of rotatable bonds is 4. The van der Waals surface area contributed by atoms with Crippen molar-refractivity contribution in [1.82, 2.24) is 19.1 Å². The minimum atomic E-state index is -0.333. The van der Waals surface area contributed by atoms with Crippen LogP contribution in [0.3, 0.4) is 0 Å². The van der Waals surface area contributed by atoms with Gasteiger partial charge in [-0.1, -0.05) is 23.7 Å². The van der Waals surface area contributed by atoms with Crippen LogP contribution in [0.15, 0.2) is 53.2 Å². The van der Waals surface area contributed by atoms with Crippen LogP contribution in [0.4, 0.5) is 5.13 Å². The molecule has 0 bridgehead atoms. The summed E-state index contributed by atoms with van der Waals surface area (Å²) in [7, 11) is 1.78. The maximum Gasteiger partial charge on any atom is 0.278 e. The van der Waals surface area contributed by atoms with Crippen molar-refractivity contribution in [1.29, 1.82) is 0 Å². The van der Waals surface area contributed by atoms with E-state index in [1.54, 1.807) is 35.3 Å². The summed E-state index contributed by atoms with van der Waals surface area (Å²) < 4.78 is 3.01. The molecule has 0 fully saturated rings. The number of hydrogen-bond donors (Lipinski definition) is 1. The molecule has 0 aliphatic carbocycles. The molecule has 1 N–H and O–H groups in total. The molecule has 0 saturated carbocycles. The summed E-state index contributed by atoms with van der Waals surface area (Å²) in [5.74, 6) is -0.333. The first-order chi connectivity index (χ1) is 13.0. The molecule has 4 rings (SSSR count). The van der Waals surface area contributed by atoms with Crippen LogP contribution < -0.4 is 10.9 Å².